The number of hydrogen-bond acceptors (Lipinski definition) is 5. The van der Waals surface area contributed by atoms with E-state index in [4.69, 9.17) is 9.47 Å². The van der Waals surface area contributed by atoms with Crippen LogP contribution >= 0.6 is 15.9 Å². The fourth-order valence-electron chi connectivity index (χ4n) is 3.01. The third-order valence-corrected chi connectivity index (χ3v) is 5.66. The van der Waals surface area contributed by atoms with Crippen LogP contribution in [0.4, 0.5) is 0 Å². The lowest BCUT2D eigenvalue weighted by Gasteiger charge is -2.21. The fourth-order valence-corrected chi connectivity index (χ4v) is 4.31. The van der Waals surface area contributed by atoms with Gasteiger partial charge in [0.25, 0.3) is 0 Å². The average Bonchev–Trinajstić information content (AvgIpc) is 3.20. The molecule has 2 aliphatic rings. The number of hydrogen-bond donors (Lipinski definition) is 0. The zero-order valence-electron chi connectivity index (χ0n) is 13.3. The molecule has 2 aromatic rings. The van der Waals surface area contributed by atoms with E-state index in [9.17, 15) is 8.42 Å². The van der Waals surface area contributed by atoms with Gasteiger partial charge >= 0.3 is 0 Å². The fraction of sp³-hybridized carbons (Fsp3) is 0.235. The highest BCUT2D eigenvalue weighted by molar-refractivity contribution is 9.10. The Hall–Kier alpha value is -2.06. The number of ether oxygens (including phenoxy) is 2. The van der Waals surface area contributed by atoms with Gasteiger partial charge in [-0.2, -0.15) is 9.52 Å². The molecule has 2 aromatic carbocycles. The third-order valence-electron chi connectivity index (χ3n) is 4.15. The topological polar surface area (TPSA) is 68.2 Å². The summed E-state index contributed by atoms with van der Waals surface area (Å²) in [6.45, 7) is 0.180. The van der Waals surface area contributed by atoms with Crippen molar-refractivity contribution in [3.8, 4) is 11.5 Å². The first-order chi connectivity index (χ1) is 11.9. The van der Waals surface area contributed by atoms with Crippen LogP contribution in [-0.2, 0) is 10.0 Å². The maximum Gasteiger partial charge on any atom is 0.247 e. The molecule has 0 saturated heterocycles. The predicted molar refractivity (Wildman–Crippen MR) is 97.3 cm³/mol. The highest BCUT2D eigenvalue weighted by atomic mass is 79.9. The summed E-state index contributed by atoms with van der Waals surface area (Å²) < 4.78 is 37.3. The Morgan fingerprint density at radius 2 is 1.96 bits per heavy atom. The molecule has 0 spiro atoms. The van der Waals surface area contributed by atoms with E-state index in [1.807, 2.05) is 36.4 Å². The molecule has 130 valence electrons. The van der Waals surface area contributed by atoms with Crippen molar-refractivity contribution in [2.45, 2.75) is 12.5 Å². The summed E-state index contributed by atoms with van der Waals surface area (Å²) >= 11 is 3.44. The maximum absolute atomic E-state index is 12.2. The van der Waals surface area contributed by atoms with E-state index in [1.165, 1.54) is 10.7 Å². The first-order valence-electron chi connectivity index (χ1n) is 7.64. The lowest BCUT2D eigenvalue weighted by atomic mass is 9.99. The second kappa shape index (κ2) is 6.03. The number of rotatable bonds is 3. The Morgan fingerprint density at radius 3 is 2.72 bits per heavy atom. The zero-order valence-corrected chi connectivity index (χ0v) is 15.7. The van der Waals surface area contributed by atoms with E-state index < -0.39 is 16.1 Å². The Kier molecular flexibility index (Phi) is 3.96. The molecule has 0 unspecified atom stereocenters. The summed E-state index contributed by atoms with van der Waals surface area (Å²) in [5, 5.41) is 4.39. The second-order valence-corrected chi connectivity index (χ2v) is 8.68. The van der Waals surface area contributed by atoms with Gasteiger partial charge < -0.3 is 9.47 Å². The number of fused-ring (bicyclic) bond motifs is 1. The van der Waals surface area contributed by atoms with Crippen LogP contribution in [0, 0.1) is 0 Å². The van der Waals surface area contributed by atoms with Gasteiger partial charge in [-0.25, -0.2) is 8.42 Å². The molecule has 0 aromatic heterocycles. The smallest absolute Gasteiger partial charge is 0.247 e. The minimum absolute atomic E-state index is 0.180. The third kappa shape index (κ3) is 3.11. The minimum Gasteiger partial charge on any atom is -0.454 e. The molecule has 0 radical (unpaired) electrons. The summed E-state index contributed by atoms with van der Waals surface area (Å²) in [6.07, 6.45) is 1.66. The van der Waals surface area contributed by atoms with Crippen LogP contribution in [0.3, 0.4) is 0 Å². The van der Waals surface area contributed by atoms with Gasteiger partial charge in [-0.3, -0.25) is 0 Å². The van der Waals surface area contributed by atoms with Crippen LogP contribution in [0.15, 0.2) is 52.0 Å². The van der Waals surface area contributed by atoms with Gasteiger partial charge in [0.1, 0.15) is 0 Å². The summed E-state index contributed by atoms with van der Waals surface area (Å²) in [4.78, 5) is 0. The van der Waals surface area contributed by atoms with Crippen LogP contribution in [0.5, 0.6) is 11.5 Å². The van der Waals surface area contributed by atoms with Crippen molar-refractivity contribution in [1.29, 1.82) is 0 Å². The van der Waals surface area contributed by atoms with E-state index in [0.717, 1.165) is 21.3 Å². The number of sulfonamides is 1. The van der Waals surface area contributed by atoms with Crippen LogP contribution in [-0.4, -0.2) is 31.6 Å². The van der Waals surface area contributed by atoms with Gasteiger partial charge in [0.2, 0.25) is 16.8 Å². The Balaban J connectivity index is 1.73. The van der Waals surface area contributed by atoms with E-state index in [0.29, 0.717) is 17.9 Å². The normalized spacial score (nSPS) is 19.2. The minimum atomic E-state index is -3.50. The van der Waals surface area contributed by atoms with E-state index in [1.54, 1.807) is 6.07 Å². The maximum atomic E-state index is 12.2. The summed E-state index contributed by atoms with van der Waals surface area (Å²) in [7, 11) is -3.50. The molecule has 4 rings (SSSR count). The molecule has 0 N–H and O–H groups in total. The monoisotopic (exact) mass is 422 g/mol. The van der Waals surface area contributed by atoms with Crippen LogP contribution < -0.4 is 9.47 Å². The van der Waals surface area contributed by atoms with Gasteiger partial charge in [0.15, 0.2) is 11.5 Å². The van der Waals surface area contributed by atoms with Gasteiger partial charge in [0, 0.05) is 10.9 Å². The average molecular weight is 423 g/mol. The number of halogens is 1. The van der Waals surface area contributed by atoms with Gasteiger partial charge in [0.05, 0.1) is 18.0 Å². The molecule has 0 fully saturated rings. The summed E-state index contributed by atoms with van der Waals surface area (Å²) in [6, 6.07) is 12.8. The van der Waals surface area contributed by atoms with E-state index in [2.05, 4.69) is 21.0 Å². The summed E-state index contributed by atoms with van der Waals surface area (Å²) in [5.74, 6) is 1.29. The Labute approximate surface area is 154 Å². The molecule has 0 amide bonds. The van der Waals surface area contributed by atoms with Gasteiger partial charge in [-0.05, 0) is 35.4 Å². The molecule has 2 aliphatic heterocycles. The number of benzene rings is 2. The largest absolute Gasteiger partial charge is 0.454 e. The van der Waals surface area contributed by atoms with Crippen molar-refractivity contribution >= 4 is 31.7 Å². The molecule has 0 saturated carbocycles. The molecule has 8 heteroatoms. The molecule has 6 nitrogen and oxygen atoms in total. The lowest BCUT2D eigenvalue weighted by molar-refractivity contribution is 0.174. The Bertz CT molecular complexity index is 974. The van der Waals surface area contributed by atoms with E-state index >= 15 is 0 Å². The molecular formula is C17H15BrN2O4S. The first-order valence-corrected chi connectivity index (χ1v) is 10.3. The van der Waals surface area contributed by atoms with Crippen LogP contribution in [0.25, 0.3) is 0 Å². The lowest BCUT2D eigenvalue weighted by Crippen LogP contribution is -2.25. The van der Waals surface area contributed by atoms with Gasteiger partial charge in [-0.1, -0.05) is 34.1 Å². The molecule has 25 heavy (non-hydrogen) atoms. The van der Waals surface area contributed by atoms with Gasteiger partial charge in [-0.15, -0.1) is 0 Å². The molecule has 1 atom stereocenters. The van der Waals surface area contributed by atoms with Crippen LogP contribution in [0.1, 0.15) is 23.6 Å². The first kappa shape index (κ1) is 16.4. The van der Waals surface area contributed by atoms with Crippen molar-refractivity contribution in [1.82, 2.24) is 4.41 Å². The molecular weight excluding hydrogens is 408 g/mol. The quantitative estimate of drug-likeness (QED) is 0.760. The van der Waals surface area contributed by atoms with Crippen molar-refractivity contribution in [3.05, 3.63) is 58.1 Å². The standard InChI is InChI=1S/C17H15BrN2O4S/c1-25(21,22)20-15(12-5-6-16-17(8-12)24-10-23-16)9-14(19-20)11-3-2-4-13(18)7-11/h2-8,15H,9-10H2,1H3/t15-/m0/s1. The van der Waals surface area contributed by atoms with Crippen molar-refractivity contribution in [3.63, 3.8) is 0 Å². The molecule has 0 aliphatic carbocycles. The number of hydrazone groups is 1. The Morgan fingerprint density at radius 1 is 1.16 bits per heavy atom. The molecule has 0 bridgehead atoms. The second-order valence-electron chi connectivity index (χ2n) is 5.93. The van der Waals surface area contributed by atoms with Crippen molar-refractivity contribution in [2.24, 2.45) is 5.10 Å². The SMILES string of the molecule is CS(=O)(=O)N1N=C(c2cccc(Br)c2)C[C@H]1c1ccc2c(c1)OCO2. The van der Waals surface area contributed by atoms with Crippen molar-refractivity contribution in [2.75, 3.05) is 13.0 Å². The zero-order chi connectivity index (χ0) is 17.6. The summed E-state index contributed by atoms with van der Waals surface area (Å²) in [5.41, 5.74) is 2.45. The predicted octanol–water partition coefficient (Wildman–Crippen LogP) is 3.29. The number of nitrogens with zero attached hydrogens (tertiary/aromatic N) is 2. The van der Waals surface area contributed by atoms with Crippen molar-refractivity contribution < 1.29 is 17.9 Å². The highest BCUT2D eigenvalue weighted by Crippen LogP contribution is 2.40. The van der Waals surface area contributed by atoms with Crippen LogP contribution in [0.2, 0.25) is 0 Å². The van der Waals surface area contributed by atoms with E-state index in [-0.39, 0.29) is 6.79 Å². The highest BCUT2D eigenvalue weighted by Gasteiger charge is 2.35. The molecule has 2 heterocycles.